The molecule has 1 aliphatic rings. The van der Waals surface area contributed by atoms with Crippen LogP contribution in [0.15, 0.2) is 29.2 Å². The maximum absolute atomic E-state index is 12.1. The summed E-state index contributed by atoms with van der Waals surface area (Å²) in [6.45, 7) is 1.77. The molecule has 4 heteroatoms. The maximum atomic E-state index is 12.1. The van der Waals surface area contributed by atoms with Gasteiger partial charge >= 0.3 is 6.03 Å². The molecule has 0 spiro atoms. The molecule has 0 aliphatic carbocycles. The monoisotopic (exact) mass is 264 g/mol. The number of urea groups is 1. The minimum atomic E-state index is 0.0359. The van der Waals surface area contributed by atoms with Gasteiger partial charge in [0.05, 0.1) is 0 Å². The van der Waals surface area contributed by atoms with Crippen molar-refractivity contribution in [2.24, 2.45) is 0 Å². The van der Waals surface area contributed by atoms with Gasteiger partial charge in [-0.2, -0.15) is 0 Å². The number of carbonyl (C=O) groups is 1. The van der Waals surface area contributed by atoms with E-state index in [1.54, 1.807) is 11.8 Å². The first-order chi connectivity index (χ1) is 8.79. The number of benzene rings is 1. The molecule has 0 bridgehead atoms. The Hall–Kier alpha value is -1.16. The topological polar surface area (TPSA) is 32.3 Å². The lowest BCUT2D eigenvalue weighted by Gasteiger charge is -2.20. The van der Waals surface area contributed by atoms with Gasteiger partial charge in [-0.3, -0.25) is 0 Å². The SMILES string of the molecule is CSc1ccc(NC(=O)N2CCCCCC2)cc1. The number of likely N-dealkylation sites (tertiary alicyclic amines) is 1. The molecule has 0 radical (unpaired) electrons. The van der Waals surface area contributed by atoms with Crippen LogP contribution in [-0.4, -0.2) is 30.3 Å². The molecule has 0 aromatic heterocycles. The first-order valence-corrected chi connectivity index (χ1v) is 7.72. The van der Waals surface area contributed by atoms with Gasteiger partial charge in [0, 0.05) is 23.7 Å². The summed E-state index contributed by atoms with van der Waals surface area (Å²) in [5, 5.41) is 2.97. The van der Waals surface area contributed by atoms with Gasteiger partial charge in [0.2, 0.25) is 0 Å². The largest absolute Gasteiger partial charge is 0.325 e. The molecule has 1 heterocycles. The van der Waals surface area contributed by atoms with Gasteiger partial charge in [-0.1, -0.05) is 12.8 Å². The molecule has 3 nitrogen and oxygen atoms in total. The van der Waals surface area contributed by atoms with Gasteiger partial charge in [0.15, 0.2) is 0 Å². The number of anilines is 1. The van der Waals surface area contributed by atoms with E-state index in [1.165, 1.54) is 17.7 Å². The summed E-state index contributed by atoms with van der Waals surface area (Å²) in [6, 6.07) is 8.02. The molecule has 0 saturated carbocycles. The van der Waals surface area contributed by atoms with E-state index < -0.39 is 0 Å². The van der Waals surface area contributed by atoms with Gasteiger partial charge in [-0.15, -0.1) is 11.8 Å². The van der Waals surface area contributed by atoms with Gasteiger partial charge in [-0.25, -0.2) is 4.79 Å². The molecule has 1 aliphatic heterocycles. The second kappa shape index (κ2) is 6.69. The number of amides is 2. The number of thioether (sulfide) groups is 1. The Kier molecular flexibility index (Phi) is 4.93. The summed E-state index contributed by atoms with van der Waals surface area (Å²) >= 11 is 1.70. The Balaban J connectivity index is 1.92. The fraction of sp³-hybridized carbons (Fsp3) is 0.500. The summed E-state index contributed by atoms with van der Waals surface area (Å²) in [5.41, 5.74) is 0.877. The lowest BCUT2D eigenvalue weighted by molar-refractivity contribution is 0.214. The van der Waals surface area contributed by atoms with E-state index in [0.717, 1.165) is 31.6 Å². The number of carbonyl (C=O) groups excluding carboxylic acids is 1. The standard InChI is InChI=1S/C14H20N2OS/c1-18-13-8-6-12(7-9-13)15-14(17)16-10-4-2-3-5-11-16/h6-9H,2-5,10-11H2,1H3,(H,15,17). The Morgan fingerprint density at radius 3 is 2.28 bits per heavy atom. The van der Waals surface area contributed by atoms with Crippen molar-refractivity contribution in [1.29, 1.82) is 0 Å². The fourth-order valence-electron chi connectivity index (χ4n) is 2.15. The average Bonchev–Trinajstić information content (AvgIpc) is 2.68. The van der Waals surface area contributed by atoms with Crippen molar-refractivity contribution in [3.63, 3.8) is 0 Å². The summed E-state index contributed by atoms with van der Waals surface area (Å²) < 4.78 is 0. The lowest BCUT2D eigenvalue weighted by atomic mass is 10.2. The van der Waals surface area contributed by atoms with E-state index in [1.807, 2.05) is 35.4 Å². The van der Waals surface area contributed by atoms with Crippen molar-refractivity contribution < 1.29 is 4.79 Å². The summed E-state index contributed by atoms with van der Waals surface area (Å²) in [7, 11) is 0. The zero-order valence-electron chi connectivity index (χ0n) is 10.8. The van der Waals surface area contributed by atoms with Crippen LogP contribution in [0.2, 0.25) is 0 Å². The fourth-order valence-corrected chi connectivity index (χ4v) is 2.56. The van der Waals surface area contributed by atoms with Crippen LogP contribution in [0.1, 0.15) is 25.7 Å². The van der Waals surface area contributed by atoms with Crippen LogP contribution in [0, 0.1) is 0 Å². The maximum Gasteiger partial charge on any atom is 0.321 e. The van der Waals surface area contributed by atoms with E-state index in [9.17, 15) is 4.79 Å². The van der Waals surface area contributed by atoms with Crippen LogP contribution in [0.25, 0.3) is 0 Å². The third-order valence-corrected chi connectivity index (χ3v) is 3.98. The first-order valence-electron chi connectivity index (χ1n) is 6.49. The highest BCUT2D eigenvalue weighted by Crippen LogP contribution is 2.18. The van der Waals surface area contributed by atoms with Crippen molar-refractivity contribution >= 4 is 23.5 Å². The third-order valence-electron chi connectivity index (χ3n) is 3.23. The number of rotatable bonds is 2. The van der Waals surface area contributed by atoms with Crippen molar-refractivity contribution in [3.8, 4) is 0 Å². The highest BCUT2D eigenvalue weighted by molar-refractivity contribution is 7.98. The molecule has 98 valence electrons. The van der Waals surface area contributed by atoms with Crippen LogP contribution < -0.4 is 5.32 Å². The van der Waals surface area contributed by atoms with Crippen molar-refractivity contribution in [2.75, 3.05) is 24.7 Å². The van der Waals surface area contributed by atoms with E-state index in [2.05, 4.69) is 5.32 Å². The molecular formula is C14H20N2OS. The van der Waals surface area contributed by atoms with E-state index in [0.29, 0.717) is 0 Å². The van der Waals surface area contributed by atoms with Gasteiger partial charge in [0.25, 0.3) is 0 Å². The highest BCUT2D eigenvalue weighted by atomic mass is 32.2. The number of hydrogen-bond donors (Lipinski definition) is 1. The van der Waals surface area contributed by atoms with Gasteiger partial charge in [0.1, 0.15) is 0 Å². The van der Waals surface area contributed by atoms with E-state index in [-0.39, 0.29) is 6.03 Å². The molecule has 2 rings (SSSR count). The molecule has 2 amide bonds. The van der Waals surface area contributed by atoms with Crippen LogP contribution in [0.5, 0.6) is 0 Å². The lowest BCUT2D eigenvalue weighted by Crippen LogP contribution is -2.35. The van der Waals surface area contributed by atoms with Crippen LogP contribution in [0.4, 0.5) is 10.5 Å². The van der Waals surface area contributed by atoms with E-state index in [4.69, 9.17) is 0 Å². The number of nitrogens with one attached hydrogen (secondary N) is 1. The number of nitrogens with zero attached hydrogens (tertiary/aromatic N) is 1. The smallest absolute Gasteiger partial charge is 0.321 e. The first kappa shape index (κ1) is 13.3. The predicted octanol–water partition coefficient (Wildman–Crippen LogP) is 3.82. The van der Waals surface area contributed by atoms with Gasteiger partial charge in [-0.05, 0) is 43.4 Å². The molecule has 18 heavy (non-hydrogen) atoms. The minimum absolute atomic E-state index is 0.0359. The Bertz CT molecular complexity index is 383. The number of hydrogen-bond acceptors (Lipinski definition) is 2. The molecule has 1 aromatic rings. The summed E-state index contributed by atoms with van der Waals surface area (Å²) in [4.78, 5) is 15.2. The van der Waals surface area contributed by atoms with Crippen molar-refractivity contribution in [2.45, 2.75) is 30.6 Å². The predicted molar refractivity (Wildman–Crippen MR) is 77.3 cm³/mol. The zero-order chi connectivity index (χ0) is 12.8. The second-order valence-electron chi connectivity index (χ2n) is 4.56. The average molecular weight is 264 g/mol. The van der Waals surface area contributed by atoms with Crippen molar-refractivity contribution in [1.82, 2.24) is 4.90 Å². The Morgan fingerprint density at radius 1 is 1.11 bits per heavy atom. The summed E-state index contributed by atoms with van der Waals surface area (Å²) in [5.74, 6) is 0. The van der Waals surface area contributed by atoms with E-state index >= 15 is 0 Å². The Labute approximate surface area is 113 Å². The zero-order valence-corrected chi connectivity index (χ0v) is 11.6. The third kappa shape index (κ3) is 3.67. The normalized spacial score (nSPS) is 16.2. The minimum Gasteiger partial charge on any atom is -0.325 e. The van der Waals surface area contributed by atoms with Gasteiger partial charge < -0.3 is 10.2 Å². The molecule has 1 fully saturated rings. The molecule has 0 atom stereocenters. The molecule has 1 N–H and O–H groups in total. The van der Waals surface area contributed by atoms with Crippen LogP contribution in [0.3, 0.4) is 0 Å². The van der Waals surface area contributed by atoms with Crippen molar-refractivity contribution in [3.05, 3.63) is 24.3 Å². The second-order valence-corrected chi connectivity index (χ2v) is 5.44. The quantitative estimate of drug-likeness (QED) is 0.824. The Morgan fingerprint density at radius 2 is 1.72 bits per heavy atom. The summed E-state index contributed by atoms with van der Waals surface area (Å²) in [6.07, 6.45) is 6.78. The molecule has 0 unspecified atom stereocenters. The molecular weight excluding hydrogens is 244 g/mol. The van der Waals surface area contributed by atoms with Crippen LogP contribution in [-0.2, 0) is 0 Å². The molecule has 1 aromatic carbocycles. The van der Waals surface area contributed by atoms with Crippen LogP contribution >= 0.6 is 11.8 Å². The molecule has 1 saturated heterocycles. The highest BCUT2D eigenvalue weighted by Gasteiger charge is 2.15.